The van der Waals surface area contributed by atoms with Crippen LogP contribution in [0.15, 0.2) is 41.3 Å². The minimum atomic E-state index is -0.419. The van der Waals surface area contributed by atoms with Crippen molar-refractivity contribution < 1.29 is 9.18 Å². The molecule has 0 atom stereocenters. The fraction of sp³-hybridized carbons (Fsp3) is 0.235. The Balaban J connectivity index is 2.13. The number of benzene rings is 2. The third-order valence-electron chi connectivity index (χ3n) is 3.07. The van der Waals surface area contributed by atoms with Gasteiger partial charge in [0.1, 0.15) is 5.82 Å². The number of halogens is 1. The van der Waals surface area contributed by atoms with Crippen molar-refractivity contribution in [2.45, 2.75) is 25.7 Å². The molecule has 0 saturated carbocycles. The summed E-state index contributed by atoms with van der Waals surface area (Å²) in [5.74, 6) is -0.326. The monoisotopic (exact) mass is 288 g/mol. The highest BCUT2D eigenvalue weighted by molar-refractivity contribution is 8.00. The van der Waals surface area contributed by atoms with E-state index in [0.29, 0.717) is 5.56 Å². The maximum Gasteiger partial charge on any atom is 0.176 e. The molecule has 2 aromatic carbocycles. The second kappa shape index (κ2) is 6.23. The molecule has 1 nitrogen and oxygen atoms in total. The van der Waals surface area contributed by atoms with E-state index in [1.807, 2.05) is 44.2 Å². The Morgan fingerprint density at radius 2 is 1.85 bits per heavy atom. The molecule has 0 aliphatic carbocycles. The Bertz CT molecular complexity index is 626. The normalized spacial score (nSPS) is 10.6. The summed E-state index contributed by atoms with van der Waals surface area (Å²) in [5.41, 5.74) is 2.91. The Morgan fingerprint density at radius 1 is 1.10 bits per heavy atom. The van der Waals surface area contributed by atoms with Gasteiger partial charge in [-0.2, -0.15) is 0 Å². The van der Waals surface area contributed by atoms with Crippen molar-refractivity contribution in [3.8, 4) is 0 Å². The van der Waals surface area contributed by atoms with Gasteiger partial charge in [-0.05, 0) is 50.1 Å². The van der Waals surface area contributed by atoms with Gasteiger partial charge in [-0.25, -0.2) is 4.39 Å². The van der Waals surface area contributed by atoms with E-state index >= 15 is 0 Å². The lowest BCUT2D eigenvalue weighted by Gasteiger charge is -2.08. The van der Waals surface area contributed by atoms with Crippen LogP contribution in [0.3, 0.4) is 0 Å². The van der Waals surface area contributed by atoms with Gasteiger partial charge < -0.3 is 0 Å². The first kappa shape index (κ1) is 14.8. The molecule has 0 heterocycles. The van der Waals surface area contributed by atoms with Crippen molar-refractivity contribution >= 4 is 17.5 Å². The van der Waals surface area contributed by atoms with Crippen molar-refractivity contribution in [1.82, 2.24) is 0 Å². The van der Waals surface area contributed by atoms with Crippen LogP contribution in [0.4, 0.5) is 4.39 Å². The molecule has 0 spiro atoms. The van der Waals surface area contributed by atoms with Crippen LogP contribution in [0.25, 0.3) is 0 Å². The topological polar surface area (TPSA) is 17.1 Å². The fourth-order valence-electron chi connectivity index (χ4n) is 2.20. The quantitative estimate of drug-likeness (QED) is 0.598. The van der Waals surface area contributed by atoms with Crippen molar-refractivity contribution in [2.75, 3.05) is 5.75 Å². The Labute approximate surface area is 123 Å². The standard InChI is InChI=1S/C17H17FOS/c1-11-5-4-6-14(8-11)20-10-16(19)17-13(3)7-12(2)9-15(17)18/h4-9H,10H2,1-3H3. The minimum Gasteiger partial charge on any atom is -0.293 e. The summed E-state index contributed by atoms with van der Waals surface area (Å²) in [6.07, 6.45) is 0. The molecule has 0 bridgehead atoms. The van der Waals surface area contributed by atoms with Crippen LogP contribution in [0, 0.1) is 26.6 Å². The molecule has 0 aliphatic heterocycles. The lowest BCUT2D eigenvalue weighted by Crippen LogP contribution is -2.08. The van der Waals surface area contributed by atoms with Crippen LogP contribution in [-0.2, 0) is 0 Å². The van der Waals surface area contributed by atoms with E-state index in [1.54, 1.807) is 6.92 Å². The highest BCUT2D eigenvalue weighted by Crippen LogP contribution is 2.23. The number of Topliss-reactive ketones (excluding diaryl/α,β-unsaturated/α-hetero) is 1. The van der Waals surface area contributed by atoms with Crippen molar-refractivity contribution in [3.63, 3.8) is 0 Å². The van der Waals surface area contributed by atoms with Crippen molar-refractivity contribution in [2.24, 2.45) is 0 Å². The predicted molar refractivity (Wildman–Crippen MR) is 82.1 cm³/mol. The number of ketones is 1. The van der Waals surface area contributed by atoms with E-state index in [0.717, 1.165) is 16.0 Å². The number of carbonyl (C=O) groups excluding carboxylic acids is 1. The molecule has 3 heteroatoms. The number of carbonyl (C=O) groups is 1. The molecule has 104 valence electrons. The Kier molecular flexibility index (Phi) is 4.61. The van der Waals surface area contributed by atoms with Gasteiger partial charge in [0.25, 0.3) is 0 Å². The predicted octanol–water partition coefficient (Wildman–Crippen LogP) is 4.73. The molecule has 0 fully saturated rings. The number of hydrogen-bond acceptors (Lipinski definition) is 2. The lowest BCUT2D eigenvalue weighted by molar-refractivity contribution is 0.101. The Morgan fingerprint density at radius 3 is 2.50 bits per heavy atom. The molecule has 2 rings (SSSR count). The first-order valence-corrected chi connectivity index (χ1v) is 7.45. The zero-order valence-electron chi connectivity index (χ0n) is 11.9. The van der Waals surface area contributed by atoms with Gasteiger partial charge in [0.2, 0.25) is 0 Å². The van der Waals surface area contributed by atoms with Gasteiger partial charge in [0.05, 0.1) is 11.3 Å². The molecule has 0 N–H and O–H groups in total. The van der Waals surface area contributed by atoms with Gasteiger partial charge >= 0.3 is 0 Å². The van der Waals surface area contributed by atoms with Crippen LogP contribution < -0.4 is 0 Å². The summed E-state index contributed by atoms with van der Waals surface area (Å²) < 4.78 is 13.9. The maximum atomic E-state index is 13.9. The summed E-state index contributed by atoms with van der Waals surface area (Å²) in [4.78, 5) is 13.2. The molecule has 20 heavy (non-hydrogen) atoms. The lowest BCUT2D eigenvalue weighted by atomic mass is 10.0. The van der Waals surface area contributed by atoms with E-state index in [1.165, 1.54) is 17.8 Å². The summed E-state index contributed by atoms with van der Waals surface area (Å²) in [6.45, 7) is 5.61. The summed E-state index contributed by atoms with van der Waals surface area (Å²) in [6, 6.07) is 11.2. The number of hydrogen-bond donors (Lipinski definition) is 0. The van der Waals surface area contributed by atoms with E-state index in [9.17, 15) is 9.18 Å². The van der Waals surface area contributed by atoms with Gasteiger partial charge in [0, 0.05) is 4.90 Å². The average Bonchev–Trinajstić information content (AvgIpc) is 2.35. The van der Waals surface area contributed by atoms with Crippen LogP contribution in [-0.4, -0.2) is 11.5 Å². The van der Waals surface area contributed by atoms with Gasteiger partial charge in [0.15, 0.2) is 5.78 Å². The zero-order valence-corrected chi connectivity index (χ0v) is 12.7. The second-order valence-corrected chi connectivity index (χ2v) is 6.02. The molecule has 0 unspecified atom stereocenters. The molecule has 2 aromatic rings. The van der Waals surface area contributed by atoms with Gasteiger partial charge in [-0.3, -0.25) is 4.79 Å². The third-order valence-corrected chi connectivity index (χ3v) is 4.06. The molecule has 0 saturated heterocycles. The van der Waals surface area contributed by atoms with Crippen LogP contribution >= 0.6 is 11.8 Å². The van der Waals surface area contributed by atoms with Gasteiger partial charge in [-0.15, -0.1) is 11.8 Å². The van der Waals surface area contributed by atoms with Crippen LogP contribution in [0.2, 0.25) is 0 Å². The maximum absolute atomic E-state index is 13.9. The van der Waals surface area contributed by atoms with Crippen molar-refractivity contribution in [3.05, 3.63) is 64.5 Å². The number of thioether (sulfide) groups is 1. The molecule has 0 radical (unpaired) electrons. The second-order valence-electron chi connectivity index (χ2n) is 4.97. The van der Waals surface area contributed by atoms with Gasteiger partial charge in [-0.1, -0.05) is 23.8 Å². The molecule has 0 aliphatic rings. The van der Waals surface area contributed by atoms with E-state index in [2.05, 4.69) is 0 Å². The summed E-state index contributed by atoms with van der Waals surface area (Å²) in [7, 11) is 0. The summed E-state index contributed by atoms with van der Waals surface area (Å²) in [5, 5.41) is 0. The minimum absolute atomic E-state index is 0.161. The smallest absolute Gasteiger partial charge is 0.176 e. The van der Waals surface area contributed by atoms with Crippen molar-refractivity contribution in [1.29, 1.82) is 0 Å². The highest BCUT2D eigenvalue weighted by atomic mass is 32.2. The summed E-state index contributed by atoms with van der Waals surface area (Å²) >= 11 is 1.44. The fourth-order valence-corrected chi connectivity index (χ4v) is 3.08. The SMILES string of the molecule is Cc1cccc(SCC(=O)c2c(C)cc(C)cc2F)c1. The molecule has 0 amide bonds. The van der Waals surface area contributed by atoms with Crippen LogP contribution in [0.5, 0.6) is 0 Å². The molecule has 0 aromatic heterocycles. The zero-order chi connectivity index (χ0) is 14.7. The molecular formula is C17H17FOS. The number of rotatable bonds is 4. The van der Waals surface area contributed by atoms with E-state index in [4.69, 9.17) is 0 Å². The Hall–Kier alpha value is -1.61. The highest BCUT2D eigenvalue weighted by Gasteiger charge is 2.15. The average molecular weight is 288 g/mol. The van der Waals surface area contributed by atoms with Crippen LogP contribution in [0.1, 0.15) is 27.0 Å². The van der Waals surface area contributed by atoms with E-state index < -0.39 is 5.82 Å². The third kappa shape index (κ3) is 3.48. The first-order valence-electron chi connectivity index (χ1n) is 6.47. The molecular weight excluding hydrogens is 271 g/mol. The largest absolute Gasteiger partial charge is 0.293 e. The number of aryl methyl sites for hydroxylation is 3. The van der Waals surface area contributed by atoms with E-state index in [-0.39, 0.29) is 17.1 Å². The first-order chi connectivity index (χ1) is 9.47.